The summed E-state index contributed by atoms with van der Waals surface area (Å²) in [5.41, 5.74) is 3.39. The number of amides is 1. The Morgan fingerprint density at radius 3 is 2.56 bits per heavy atom. The number of rotatable bonds is 7. The van der Waals surface area contributed by atoms with Crippen LogP contribution in [0.4, 0.5) is 0 Å². The molecule has 0 fully saturated rings. The van der Waals surface area contributed by atoms with E-state index in [2.05, 4.69) is 17.4 Å². The second kappa shape index (κ2) is 8.13. The minimum absolute atomic E-state index is 0.000757. The predicted molar refractivity (Wildman–Crippen MR) is 105 cm³/mol. The normalized spacial score (nSPS) is 14.3. The quantitative estimate of drug-likeness (QED) is 0.793. The summed E-state index contributed by atoms with van der Waals surface area (Å²) in [6.07, 6.45) is 3.87. The first-order valence-corrected chi connectivity index (χ1v) is 11.0. The largest absolute Gasteiger partial charge is 0.493 e. The highest BCUT2D eigenvalue weighted by molar-refractivity contribution is 7.90. The highest BCUT2D eigenvalue weighted by Gasteiger charge is 2.14. The van der Waals surface area contributed by atoms with Crippen LogP contribution in [-0.4, -0.2) is 33.2 Å². The first-order chi connectivity index (χ1) is 12.8. The maximum absolute atomic E-state index is 12.2. The fraction of sp³-hybridized carbons (Fsp3) is 0.381. The lowest BCUT2D eigenvalue weighted by Crippen LogP contribution is -2.34. The standard InChI is InChI=1S/C21H25NO4S/c1-15(13-17-5-9-20-18(14-17)11-12-26-20)22-21(23)10-6-16-3-7-19(8-4-16)27(2,24)25/h3-5,7-9,14-15H,6,10-13H2,1-2H3,(H,22,23)/t15-/m0/s1. The molecule has 0 aliphatic carbocycles. The average molecular weight is 388 g/mol. The van der Waals surface area contributed by atoms with Gasteiger partial charge in [0.05, 0.1) is 11.5 Å². The molecule has 0 spiro atoms. The number of hydrogen-bond donors (Lipinski definition) is 1. The van der Waals surface area contributed by atoms with E-state index in [0.717, 1.165) is 30.8 Å². The second-order valence-corrected chi connectivity index (χ2v) is 9.15. The van der Waals surface area contributed by atoms with E-state index in [9.17, 15) is 13.2 Å². The van der Waals surface area contributed by atoms with E-state index < -0.39 is 9.84 Å². The first-order valence-electron chi connectivity index (χ1n) is 9.14. The van der Waals surface area contributed by atoms with Crippen molar-refractivity contribution in [3.8, 4) is 5.75 Å². The fourth-order valence-corrected chi connectivity index (χ4v) is 3.91. The minimum Gasteiger partial charge on any atom is -0.493 e. The Labute approximate surface area is 160 Å². The van der Waals surface area contributed by atoms with Crippen LogP contribution in [0.1, 0.15) is 30.0 Å². The molecular formula is C21H25NO4S. The molecule has 0 unspecified atom stereocenters. The highest BCUT2D eigenvalue weighted by Crippen LogP contribution is 2.26. The van der Waals surface area contributed by atoms with Crippen molar-refractivity contribution in [2.45, 2.75) is 43.5 Å². The molecule has 144 valence electrons. The number of carbonyl (C=O) groups excluding carboxylic acids is 1. The van der Waals surface area contributed by atoms with Gasteiger partial charge in [-0.1, -0.05) is 24.3 Å². The number of nitrogens with one attached hydrogen (secondary N) is 1. The molecule has 1 amide bonds. The van der Waals surface area contributed by atoms with Gasteiger partial charge >= 0.3 is 0 Å². The molecule has 0 saturated heterocycles. The summed E-state index contributed by atoms with van der Waals surface area (Å²) in [4.78, 5) is 12.5. The van der Waals surface area contributed by atoms with Gasteiger partial charge in [0.25, 0.3) is 0 Å². The van der Waals surface area contributed by atoms with Gasteiger partial charge < -0.3 is 10.1 Å². The Balaban J connectivity index is 1.47. The summed E-state index contributed by atoms with van der Waals surface area (Å²) in [5, 5.41) is 3.04. The lowest BCUT2D eigenvalue weighted by Gasteiger charge is -2.14. The molecule has 5 nitrogen and oxygen atoms in total. The maximum atomic E-state index is 12.2. The van der Waals surface area contributed by atoms with Crippen molar-refractivity contribution in [1.82, 2.24) is 5.32 Å². The molecule has 6 heteroatoms. The Morgan fingerprint density at radius 2 is 1.85 bits per heavy atom. The van der Waals surface area contributed by atoms with E-state index in [0.29, 0.717) is 17.7 Å². The molecule has 3 rings (SSSR count). The summed E-state index contributed by atoms with van der Waals surface area (Å²) < 4.78 is 28.5. The number of hydrogen-bond acceptors (Lipinski definition) is 4. The van der Waals surface area contributed by atoms with Gasteiger partial charge in [-0.15, -0.1) is 0 Å². The molecule has 1 N–H and O–H groups in total. The third kappa shape index (κ3) is 5.32. The molecule has 2 aromatic carbocycles. The third-order valence-corrected chi connectivity index (χ3v) is 5.82. The van der Waals surface area contributed by atoms with E-state index in [1.54, 1.807) is 24.3 Å². The second-order valence-electron chi connectivity index (χ2n) is 7.13. The molecule has 0 bridgehead atoms. The minimum atomic E-state index is -3.19. The number of aryl methyl sites for hydroxylation is 1. The van der Waals surface area contributed by atoms with Crippen molar-refractivity contribution in [2.75, 3.05) is 12.9 Å². The summed E-state index contributed by atoms with van der Waals surface area (Å²) in [6, 6.07) is 13.0. The van der Waals surface area contributed by atoms with Crippen molar-refractivity contribution in [3.63, 3.8) is 0 Å². The Hall–Kier alpha value is -2.34. The number of benzene rings is 2. The molecule has 1 heterocycles. The zero-order chi connectivity index (χ0) is 19.4. The van der Waals surface area contributed by atoms with Crippen molar-refractivity contribution >= 4 is 15.7 Å². The monoisotopic (exact) mass is 387 g/mol. The Morgan fingerprint density at radius 1 is 1.15 bits per heavy atom. The van der Waals surface area contributed by atoms with Gasteiger partial charge in [0.15, 0.2) is 9.84 Å². The van der Waals surface area contributed by atoms with Gasteiger partial charge in [0, 0.05) is 25.1 Å². The number of carbonyl (C=O) groups is 1. The molecule has 2 aromatic rings. The molecule has 1 aliphatic heterocycles. The zero-order valence-electron chi connectivity index (χ0n) is 15.7. The summed E-state index contributed by atoms with van der Waals surface area (Å²) in [5.74, 6) is 0.969. The molecule has 1 aliphatic rings. The van der Waals surface area contributed by atoms with Crippen LogP contribution in [0.2, 0.25) is 0 Å². The van der Waals surface area contributed by atoms with Gasteiger partial charge in [-0.05, 0) is 54.7 Å². The van der Waals surface area contributed by atoms with Gasteiger partial charge in [-0.2, -0.15) is 0 Å². The average Bonchev–Trinajstić information content (AvgIpc) is 3.07. The summed E-state index contributed by atoms with van der Waals surface area (Å²) in [6.45, 7) is 2.75. The van der Waals surface area contributed by atoms with Gasteiger partial charge in [-0.25, -0.2) is 8.42 Å². The van der Waals surface area contributed by atoms with Gasteiger partial charge in [0.1, 0.15) is 5.75 Å². The zero-order valence-corrected chi connectivity index (χ0v) is 16.5. The van der Waals surface area contributed by atoms with Crippen LogP contribution in [0.5, 0.6) is 5.75 Å². The lowest BCUT2D eigenvalue weighted by molar-refractivity contribution is -0.121. The number of ether oxygens (including phenoxy) is 1. The molecule has 0 radical (unpaired) electrons. The first kappa shape index (κ1) is 19.4. The van der Waals surface area contributed by atoms with Gasteiger partial charge in [-0.3, -0.25) is 4.79 Å². The van der Waals surface area contributed by atoms with E-state index >= 15 is 0 Å². The van der Waals surface area contributed by atoms with Gasteiger partial charge in [0.2, 0.25) is 5.91 Å². The summed E-state index contributed by atoms with van der Waals surface area (Å²) >= 11 is 0. The molecular weight excluding hydrogens is 362 g/mol. The Bertz CT molecular complexity index is 920. The van der Waals surface area contributed by atoms with Crippen LogP contribution in [-0.2, 0) is 33.9 Å². The smallest absolute Gasteiger partial charge is 0.220 e. The SMILES string of the molecule is C[C@@H](Cc1ccc2c(c1)CCO2)NC(=O)CCc1ccc(S(C)(=O)=O)cc1. The molecule has 0 saturated carbocycles. The van der Waals surface area contributed by atoms with E-state index in [-0.39, 0.29) is 11.9 Å². The van der Waals surface area contributed by atoms with Crippen molar-refractivity contribution in [2.24, 2.45) is 0 Å². The van der Waals surface area contributed by atoms with Crippen molar-refractivity contribution in [1.29, 1.82) is 0 Å². The predicted octanol–water partition coefficient (Wildman–Crippen LogP) is 2.71. The van der Waals surface area contributed by atoms with Crippen molar-refractivity contribution < 1.29 is 17.9 Å². The fourth-order valence-electron chi connectivity index (χ4n) is 3.28. The molecule has 0 aromatic heterocycles. The van der Waals surface area contributed by atoms with Crippen LogP contribution in [0.3, 0.4) is 0 Å². The molecule has 1 atom stereocenters. The number of fused-ring (bicyclic) bond motifs is 1. The topological polar surface area (TPSA) is 72.5 Å². The maximum Gasteiger partial charge on any atom is 0.220 e. The van der Waals surface area contributed by atoms with E-state index in [4.69, 9.17) is 4.74 Å². The third-order valence-electron chi connectivity index (χ3n) is 4.70. The van der Waals surface area contributed by atoms with E-state index in [1.165, 1.54) is 17.4 Å². The lowest BCUT2D eigenvalue weighted by atomic mass is 10.0. The molecule has 27 heavy (non-hydrogen) atoms. The van der Waals surface area contributed by atoms with Crippen LogP contribution in [0.15, 0.2) is 47.4 Å². The van der Waals surface area contributed by atoms with Crippen LogP contribution >= 0.6 is 0 Å². The number of sulfone groups is 1. The highest BCUT2D eigenvalue weighted by atomic mass is 32.2. The Kier molecular flexibility index (Phi) is 5.85. The van der Waals surface area contributed by atoms with Crippen LogP contribution in [0, 0.1) is 0 Å². The van der Waals surface area contributed by atoms with Crippen molar-refractivity contribution in [3.05, 3.63) is 59.2 Å². The van der Waals surface area contributed by atoms with Crippen LogP contribution < -0.4 is 10.1 Å². The summed E-state index contributed by atoms with van der Waals surface area (Å²) in [7, 11) is -3.19. The van der Waals surface area contributed by atoms with Crippen LogP contribution in [0.25, 0.3) is 0 Å². The van der Waals surface area contributed by atoms with E-state index in [1.807, 2.05) is 13.0 Å².